The minimum Gasteiger partial charge on any atom is -0.463 e. The number of carbonyl (C=O) groups is 4. The Kier molecular flexibility index (Phi) is 9.43. The minimum absolute atomic E-state index is 0.221. The Morgan fingerprint density at radius 1 is 0.853 bits per heavy atom. The molecule has 0 saturated carbocycles. The Labute approximate surface area is 198 Å². The molecule has 1 heterocycles. The molecule has 0 aliphatic carbocycles. The summed E-state index contributed by atoms with van der Waals surface area (Å²) in [7, 11) is 0. The van der Waals surface area contributed by atoms with E-state index in [0.717, 1.165) is 25.0 Å². The molecule has 0 radical (unpaired) electrons. The number of aryl methyl sites for hydroxylation is 1. The van der Waals surface area contributed by atoms with Crippen molar-refractivity contribution in [3.8, 4) is 5.75 Å². The van der Waals surface area contributed by atoms with Crippen molar-refractivity contribution in [1.82, 2.24) is 0 Å². The van der Waals surface area contributed by atoms with Gasteiger partial charge in [0, 0.05) is 27.7 Å². The summed E-state index contributed by atoms with van der Waals surface area (Å²) in [6.45, 7) is 10.3. The predicted octanol–water partition coefficient (Wildman–Crippen LogP) is 2.58. The zero-order valence-corrected chi connectivity index (χ0v) is 20.5. The fraction of sp³-hybridized carbons (Fsp3) is 0.583. The van der Waals surface area contributed by atoms with Gasteiger partial charge in [0.05, 0.1) is 0 Å². The van der Waals surface area contributed by atoms with Gasteiger partial charge in [-0.1, -0.05) is 26.0 Å². The van der Waals surface area contributed by atoms with E-state index in [4.69, 9.17) is 28.4 Å². The van der Waals surface area contributed by atoms with Crippen LogP contribution in [0.5, 0.6) is 5.75 Å². The van der Waals surface area contributed by atoms with Crippen molar-refractivity contribution in [2.75, 3.05) is 6.61 Å². The molecule has 1 fully saturated rings. The van der Waals surface area contributed by atoms with E-state index >= 15 is 0 Å². The number of benzene rings is 1. The molecule has 10 heteroatoms. The summed E-state index contributed by atoms with van der Waals surface area (Å²) >= 11 is 0. The number of rotatable bonds is 8. The van der Waals surface area contributed by atoms with Gasteiger partial charge in [0.15, 0.2) is 12.2 Å². The molecule has 1 aromatic carbocycles. The molecule has 1 aliphatic rings. The largest absolute Gasteiger partial charge is 0.463 e. The molecular formula is C24H32O10. The molecular weight excluding hydrogens is 448 g/mol. The molecule has 10 nitrogen and oxygen atoms in total. The monoisotopic (exact) mass is 480 g/mol. The first-order chi connectivity index (χ1) is 15.9. The maximum atomic E-state index is 11.9. The molecule has 0 aromatic heterocycles. The van der Waals surface area contributed by atoms with E-state index in [9.17, 15) is 19.2 Å². The SMILES string of the molecule is CC(=O)OC[C@@H]1O[C@@H](Oc2cc(C(C)C)ccc2C)[C@@H](OC(C)=O)[C@H](OC(C)=O)[C@@H]1OC(C)=O. The van der Waals surface area contributed by atoms with E-state index in [-0.39, 0.29) is 12.5 Å². The van der Waals surface area contributed by atoms with E-state index in [0.29, 0.717) is 5.75 Å². The zero-order chi connectivity index (χ0) is 25.6. The lowest BCUT2D eigenvalue weighted by Gasteiger charge is -2.44. The Hall–Kier alpha value is -3.14. The number of hydrogen-bond donors (Lipinski definition) is 0. The number of ether oxygens (including phenoxy) is 6. The van der Waals surface area contributed by atoms with Gasteiger partial charge in [-0.3, -0.25) is 19.2 Å². The maximum Gasteiger partial charge on any atom is 0.303 e. The number of hydrogen-bond acceptors (Lipinski definition) is 10. The van der Waals surface area contributed by atoms with Gasteiger partial charge in [-0.2, -0.15) is 0 Å². The van der Waals surface area contributed by atoms with Crippen LogP contribution in [0.3, 0.4) is 0 Å². The quantitative estimate of drug-likeness (QED) is 0.405. The van der Waals surface area contributed by atoms with Gasteiger partial charge in [-0.25, -0.2) is 0 Å². The molecule has 0 bridgehead atoms. The maximum absolute atomic E-state index is 11.9. The molecule has 1 aromatic rings. The van der Waals surface area contributed by atoms with Crippen LogP contribution in [0.25, 0.3) is 0 Å². The van der Waals surface area contributed by atoms with Crippen molar-refractivity contribution in [3.63, 3.8) is 0 Å². The van der Waals surface area contributed by atoms with Crippen molar-refractivity contribution in [3.05, 3.63) is 29.3 Å². The zero-order valence-electron chi connectivity index (χ0n) is 20.5. The van der Waals surface area contributed by atoms with Crippen molar-refractivity contribution >= 4 is 23.9 Å². The van der Waals surface area contributed by atoms with Gasteiger partial charge in [0.1, 0.15) is 18.5 Å². The second kappa shape index (κ2) is 11.8. The highest BCUT2D eigenvalue weighted by molar-refractivity contribution is 5.68. The van der Waals surface area contributed by atoms with Gasteiger partial charge >= 0.3 is 23.9 Å². The van der Waals surface area contributed by atoms with E-state index in [1.807, 2.05) is 39.0 Å². The van der Waals surface area contributed by atoms with Crippen LogP contribution in [0, 0.1) is 6.92 Å². The van der Waals surface area contributed by atoms with Gasteiger partial charge in [-0.15, -0.1) is 0 Å². The van der Waals surface area contributed by atoms with Crippen molar-refractivity contribution < 1.29 is 47.6 Å². The van der Waals surface area contributed by atoms with E-state index in [2.05, 4.69) is 0 Å². The van der Waals surface area contributed by atoms with Gasteiger partial charge in [0.25, 0.3) is 0 Å². The van der Waals surface area contributed by atoms with Gasteiger partial charge < -0.3 is 28.4 Å². The molecule has 0 unspecified atom stereocenters. The summed E-state index contributed by atoms with van der Waals surface area (Å²) < 4.78 is 33.4. The first-order valence-electron chi connectivity index (χ1n) is 11.0. The topological polar surface area (TPSA) is 124 Å². The standard InChI is InChI=1S/C24H32O10/c1-12(2)18-9-8-13(3)19(10-18)33-24-23(32-17(7)28)22(31-16(6)27)21(30-15(5)26)20(34-24)11-29-14(4)25/h8-10,12,20-24H,11H2,1-7H3/t20-,21+,22+,23-,24+/m0/s1. The van der Waals surface area contributed by atoms with Crippen molar-refractivity contribution in [2.45, 2.75) is 85.1 Å². The highest BCUT2D eigenvalue weighted by atomic mass is 16.7. The third-order valence-corrected chi connectivity index (χ3v) is 5.07. The van der Waals surface area contributed by atoms with Crippen molar-refractivity contribution in [1.29, 1.82) is 0 Å². The first-order valence-corrected chi connectivity index (χ1v) is 11.0. The summed E-state index contributed by atoms with van der Waals surface area (Å²) in [6, 6.07) is 5.70. The predicted molar refractivity (Wildman–Crippen MR) is 118 cm³/mol. The molecule has 34 heavy (non-hydrogen) atoms. The highest BCUT2D eigenvalue weighted by Crippen LogP contribution is 2.33. The number of carbonyl (C=O) groups excluding carboxylic acids is 4. The fourth-order valence-corrected chi connectivity index (χ4v) is 3.51. The fourth-order valence-electron chi connectivity index (χ4n) is 3.51. The molecule has 0 amide bonds. The second-order valence-electron chi connectivity index (χ2n) is 8.37. The van der Waals surface area contributed by atoms with Crippen LogP contribution in [0.2, 0.25) is 0 Å². The van der Waals surface area contributed by atoms with Crippen LogP contribution in [-0.4, -0.2) is 61.2 Å². The lowest BCUT2D eigenvalue weighted by atomic mass is 9.97. The minimum atomic E-state index is -1.28. The molecule has 0 spiro atoms. The van der Waals surface area contributed by atoms with Crippen LogP contribution in [0.4, 0.5) is 0 Å². The van der Waals surface area contributed by atoms with Gasteiger partial charge in [0.2, 0.25) is 12.4 Å². The summed E-state index contributed by atoms with van der Waals surface area (Å²) in [5.74, 6) is -1.99. The Morgan fingerprint density at radius 2 is 1.41 bits per heavy atom. The molecule has 0 N–H and O–H groups in total. The molecule has 1 saturated heterocycles. The van der Waals surface area contributed by atoms with Crippen LogP contribution in [0.15, 0.2) is 18.2 Å². The number of esters is 4. The van der Waals surface area contributed by atoms with E-state index in [1.54, 1.807) is 0 Å². The molecule has 2 rings (SSSR count). The van der Waals surface area contributed by atoms with Crippen LogP contribution in [-0.2, 0) is 42.9 Å². The first kappa shape index (κ1) is 27.1. The van der Waals surface area contributed by atoms with E-state index in [1.165, 1.54) is 13.8 Å². The summed E-state index contributed by atoms with van der Waals surface area (Å²) in [4.78, 5) is 47.1. The molecule has 1 aliphatic heterocycles. The third kappa shape index (κ3) is 7.44. The summed E-state index contributed by atoms with van der Waals surface area (Å²) in [5.41, 5.74) is 1.79. The molecule has 188 valence electrons. The van der Waals surface area contributed by atoms with Gasteiger partial charge in [-0.05, 0) is 30.0 Å². The lowest BCUT2D eigenvalue weighted by Crippen LogP contribution is -2.63. The molecule has 5 atom stereocenters. The van der Waals surface area contributed by atoms with Crippen molar-refractivity contribution in [2.24, 2.45) is 0 Å². The van der Waals surface area contributed by atoms with Crippen LogP contribution < -0.4 is 4.74 Å². The summed E-state index contributed by atoms with van der Waals surface area (Å²) in [5, 5.41) is 0. The average molecular weight is 481 g/mol. The Bertz CT molecular complexity index is 909. The normalized spacial score (nSPS) is 24.2. The van der Waals surface area contributed by atoms with E-state index < -0.39 is 54.6 Å². The smallest absolute Gasteiger partial charge is 0.303 e. The van der Waals surface area contributed by atoms with Crippen LogP contribution >= 0.6 is 0 Å². The second-order valence-corrected chi connectivity index (χ2v) is 8.37. The highest BCUT2D eigenvalue weighted by Gasteiger charge is 2.53. The average Bonchev–Trinajstić information content (AvgIpc) is 2.71. The van der Waals surface area contributed by atoms with Crippen LogP contribution in [0.1, 0.15) is 58.6 Å². The lowest BCUT2D eigenvalue weighted by molar-refractivity contribution is -0.288. The Balaban J connectivity index is 2.51. The summed E-state index contributed by atoms with van der Waals surface area (Å²) in [6.07, 6.45) is -6.11. The third-order valence-electron chi connectivity index (χ3n) is 5.07. The Morgan fingerprint density at radius 3 is 1.94 bits per heavy atom.